The lowest BCUT2D eigenvalue weighted by atomic mass is 9.73. The number of hydrogen-bond donors (Lipinski definition) is 1. The Morgan fingerprint density at radius 3 is 2.33 bits per heavy atom. The van der Waals surface area contributed by atoms with Crippen molar-refractivity contribution in [2.24, 2.45) is 5.41 Å². The Hall–Kier alpha value is -0.610. The predicted molar refractivity (Wildman–Crippen MR) is 41.6 cm³/mol. The second kappa shape index (κ2) is 2.71. The lowest BCUT2D eigenvalue weighted by molar-refractivity contribution is -0.237. The van der Waals surface area contributed by atoms with Crippen LogP contribution in [0, 0.1) is 5.41 Å². The van der Waals surface area contributed by atoms with E-state index in [-0.39, 0.29) is 13.2 Å². The van der Waals surface area contributed by atoms with Gasteiger partial charge in [-0.25, -0.2) is 0 Å². The number of hydrogen-bond acceptors (Lipinski definition) is 4. The van der Waals surface area contributed by atoms with Crippen LogP contribution in [-0.2, 0) is 14.3 Å². The van der Waals surface area contributed by atoms with Gasteiger partial charge in [-0.3, -0.25) is 4.79 Å². The molecule has 0 amide bonds. The van der Waals surface area contributed by atoms with Crippen LogP contribution in [0.1, 0.15) is 13.8 Å². The van der Waals surface area contributed by atoms with E-state index in [2.05, 4.69) is 4.74 Å². The summed E-state index contributed by atoms with van der Waals surface area (Å²) in [4.78, 5) is 11.2. The van der Waals surface area contributed by atoms with E-state index in [1.165, 1.54) is 7.11 Å². The van der Waals surface area contributed by atoms with Crippen molar-refractivity contribution < 1.29 is 19.4 Å². The molecule has 0 bridgehead atoms. The minimum atomic E-state index is -1.06. The summed E-state index contributed by atoms with van der Waals surface area (Å²) in [6, 6.07) is 0. The minimum absolute atomic E-state index is 0.203. The molecule has 0 radical (unpaired) electrons. The number of rotatable bonds is 2. The van der Waals surface area contributed by atoms with E-state index in [0.29, 0.717) is 0 Å². The Morgan fingerprint density at radius 1 is 1.58 bits per heavy atom. The largest absolute Gasteiger partial charge is 0.469 e. The van der Waals surface area contributed by atoms with Crippen molar-refractivity contribution in [1.29, 1.82) is 0 Å². The predicted octanol–water partition coefficient (Wildman–Crippen LogP) is -0.0531. The van der Waals surface area contributed by atoms with Gasteiger partial charge in [0.05, 0.1) is 25.7 Å². The van der Waals surface area contributed by atoms with Crippen LogP contribution >= 0.6 is 0 Å². The van der Waals surface area contributed by atoms with Crippen LogP contribution in [0.2, 0.25) is 0 Å². The smallest absolute Gasteiger partial charge is 0.314 e. The number of carbonyl (C=O) groups is 1. The molecule has 1 heterocycles. The molecule has 0 unspecified atom stereocenters. The number of esters is 1. The number of ether oxygens (including phenoxy) is 2. The molecule has 4 heteroatoms. The second-order valence-electron chi connectivity index (χ2n) is 3.64. The van der Waals surface area contributed by atoms with Crippen LogP contribution in [0.4, 0.5) is 0 Å². The minimum Gasteiger partial charge on any atom is -0.469 e. The zero-order chi connectivity index (χ0) is 9.41. The fourth-order valence-electron chi connectivity index (χ4n) is 1.10. The molecule has 4 nitrogen and oxygen atoms in total. The quantitative estimate of drug-likeness (QED) is 0.596. The first kappa shape index (κ1) is 9.48. The summed E-state index contributed by atoms with van der Waals surface area (Å²) < 4.78 is 9.44. The van der Waals surface area contributed by atoms with Crippen LogP contribution in [0.3, 0.4) is 0 Å². The average molecular weight is 174 g/mol. The molecule has 0 spiro atoms. The second-order valence-corrected chi connectivity index (χ2v) is 3.64. The summed E-state index contributed by atoms with van der Waals surface area (Å²) in [6.07, 6.45) is 0. The Balaban J connectivity index is 2.76. The molecule has 0 aliphatic carbocycles. The highest BCUT2D eigenvalue weighted by Crippen LogP contribution is 2.37. The van der Waals surface area contributed by atoms with Crippen molar-refractivity contribution >= 4 is 5.97 Å². The molecule has 1 aliphatic rings. The third-order valence-electron chi connectivity index (χ3n) is 2.54. The lowest BCUT2D eigenvalue weighted by Gasteiger charge is -2.46. The molecule has 12 heavy (non-hydrogen) atoms. The first-order valence-electron chi connectivity index (χ1n) is 3.82. The molecule has 70 valence electrons. The maximum absolute atomic E-state index is 11.2. The van der Waals surface area contributed by atoms with Crippen LogP contribution < -0.4 is 0 Å². The van der Waals surface area contributed by atoms with E-state index in [4.69, 9.17) is 4.74 Å². The van der Waals surface area contributed by atoms with Gasteiger partial charge in [-0.05, 0) is 13.8 Å². The summed E-state index contributed by atoms with van der Waals surface area (Å²) >= 11 is 0. The maximum Gasteiger partial charge on any atom is 0.314 e. The molecule has 0 aromatic carbocycles. The van der Waals surface area contributed by atoms with Crippen molar-refractivity contribution in [3.05, 3.63) is 0 Å². The molecule has 0 aromatic heterocycles. The van der Waals surface area contributed by atoms with E-state index in [0.717, 1.165) is 0 Å². The molecule has 0 atom stereocenters. The van der Waals surface area contributed by atoms with E-state index < -0.39 is 17.0 Å². The van der Waals surface area contributed by atoms with E-state index in [1.54, 1.807) is 13.8 Å². The van der Waals surface area contributed by atoms with Crippen molar-refractivity contribution in [2.45, 2.75) is 19.4 Å². The molecule has 0 aromatic rings. The van der Waals surface area contributed by atoms with Crippen molar-refractivity contribution in [3.8, 4) is 0 Å². The van der Waals surface area contributed by atoms with Gasteiger partial charge < -0.3 is 14.6 Å². The molecule has 1 saturated heterocycles. The lowest BCUT2D eigenvalue weighted by Crippen LogP contribution is -2.62. The summed E-state index contributed by atoms with van der Waals surface area (Å²) in [5.41, 5.74) is -1.94. The highest BCUT2D eigenvalue weighted by molar-refractivity contribution is 5.77. The van der Waals surface area contributed by atoms with Crippen molar-refractivity contribution in [2.75, 3.05) is 20.3 Å². The monoisotopic (exact) mass is 174 g/mol. The summed E-state index contributed by atoms with van der Waals surface area (Å²) in [7, 11) is 1.31. The van der Waals surface area contributed by atoms with Crippen LogP contribution in [-0.4, -0.2) is 37.0 Å². The maximum atomic E-state index is 11.2. The molecule has 1 N–H and O–H groups in total. The van der Waals surface area contributed by atoms with Crippen molar-refractivity contribution in [1.82, 2.24) is 0 Å². The van der Waals surface area contributed by atoms with Gasteiger partial charge in [0.25, 0.3) is 0 Å². The molecule has 1 aliphatic heterocycles. The Bertz CT molecular complexity index is 193. The van der Waals surface area contributed by atoms with Crippen LogP contribution in [0.15, 0.2) is 0 Å². The van der Waals surface area contributed by atoms with E-state index >= 15 is 0 Å². The average Bonchev–Trinajstić information content (AvgIpc) is 1.98. The standard InChI is InChI=1S/C8H14O4/c1-7(2,6(9)11-3)8(10)4-12-5-8/h10H,4-5H2,1-3H3. The normalized spacial score (nSPS) is 21.3. The van der Waals surface area contributed by atoms with Crippen molar-refractivity contribution in [3.63, 3.8) is 0 Å². The SMILES string of the molecule is COC(=O)C(C)(C)C1(O)COC1. The number of methoxy groups -OCH3 is 1. The summed E-state index contributed by atoms with van der Waals surface area (Å²) in [5.74, 6) is -0.409. The summed E-state index contributed by atoms with van der Waals surface area (Å²) in [5, 5.41) is 9.81. The van der Waals surface area contributed by atoms with Gasteiger partial charge in [-0.2, -0.15) is 0 Å². The molecule has 1 rings (SSSR count). The first-order chi connectivity index (χ1) is 5.44. The summed E-state index contributed by atoms with van der Waals surface area (Å²) in [6.45, 7) is 3.72. The van der Waals surface area contributed by atoms with Crippen LogP contribution in [0.25, 0.3) is 0 Å². The fourth-order valence-corrected chi connectivity index (χ4v) is 1.10. The zero-order valence-corrected chi connectivity index (χ0v) is 7.59. The van der Waals surface area contributed by atoms with E-state index in [9.17, 15) is 9.90 Å². The zero-order valence-electron chi connectivity index (χ0n) is 7.59. The van der Waals surface area contributed by atoms with Crippen LogP contribution in [0.5, 0.6) is 0 Å². The van der Waals surface area contributed by atoms with Gasteiger partial charge in [0.1, 0.15) is 5.60 Å². The van der Waals surface area contributed by atoms with Gasteiger partial charge in [0.2, 0.25) is 0 Å². The molecular weight excluding hydrogens is 160 g/mol. The van der Waals surface area contributed by atoms with Gasteiger partial charge >= 0.3 is 5.97 Å². The third-order valence-corrected chi connectivity index (χ3v) is 2.54. The van der Waals surface area contributed by atoms with Gasteiger partial charge in [0, 0.05) is 0 Å². The van der Waals surface area contributed by atoms with E-state index in [1.807, 2.05) is 0 Å². The van der Waals surface area contributed by atoms with Gasteiger partial charge in [-0.15, -0.1) is 0 Å². The number of aliphatic hydroxyl groups is 1. The topological polar surface area (TPSA) is 55.8 Å². The van der Waals surface area contributed by atoms with Gasteiger partial charge in [-0.1, -0.05) is 0 Å². The first-order valence-corrected chi connectivity index (χ1v) is 3.82. The Morgan fingerprint density at radius 2 is 2.08 bits per heavy atom. The molecule has 0 saturated carbocycles. The van der Waals surface area contributed by atoms with Gasteiger partial charge in [0.15, 0.2) is 0 Å². The fraction of sp³-hybridized carbons (Fsp3) is 0.875. The molecule has 1 fully saturated rings. The highest BCUT2D eigenvalue weighted by Gasteiger charge is 2.54. The third kappa shape index (κ3) is 1.11. The molecular formula is C8H14O4. The Kier molecular flexibility index (Phi) is 2.14. The number of carbonyl (C=O) groups excluding carboxylic acids is 1. The Labute approximate surface area is 71.5 Å². The highest BCUT2D eigenvalue weighted by atomic mass is 16.6.